The molecule has 0 saturated carbocycles. The number of nitrogens with two attached hydrogens (primary N) is 3. The second-order valence-corrected chi connectivity index (χ2v) is 5.33. The summed E-state index contributed by atoms with van der Waals surface area (Å²) in [5.41, 5.74) is 16.5. The Kier molecular flexibility index (Phi) is 8.48. The van der Waals surface area contributed by atoms with Gasteiger partial charge in [-0.05, 0) is 12.8 Å². The molecule has 4 atom stereocenters. The lowest BCUT2D eigenvalue weighted by Gasteiger charge is -2.22. The van der Waals surface area contributed by atoms with Crippen LogP contribution in [0.1, 0.15) is 20.8 Å². The van der Waals surface area contributed by atoms with E-state index in [2.05, 4.69) is 17.4 Å². The molecule has 0 aromatic carbocycles. The second kappa shape index (κ2) is 8.98. The molecule has 0 radical (unpaired) electrons. The van der Waals surface area contributed by atoms with Gasteiger partial charge >= 0.3 is 17.9 Å². The number of hydrogen-bond acceptors (Lipinski definition) is 9. The van der Waals surface area contributed by atoms with Gasteiger partial charge in [-0.15, -0.1) is 0 Å². The van der Waals surface area contributed by atoms with Gasteiger partial charge in [-0.25, -0.2) is 9.59 Å². The zero-order valence-electron chi connectivity index (χ0n) is 12.3. The zero-order chi connectivity index (χ0) is 16.7. The first-order valence-electron chi connectivity index (χ1n) is 6.45. The van der Waals surface area contributed by atoms with E-state index < -0.39 is 42.1 Å². The molecule has 0 spiro atoms. The molecule has 0 aromatic heterocycles. The highest BCUT2D eigenvalue weighted by Crippen LogP contribution is 2.06. The van der Waals surface area contributed by atoms with Gasteiger partial charge in [-0.3, -0.25) is 4.79 Å². The molecule has 122 valence electrons. The molecule has 0 aliphatic heterocycles. The minimum atomic E-state index is -1.32. The lowest BCUT2D eigenvalue weighted by Crippen LogP contribution is -2.48. The Balaban J connectivity index is 4.50. The van der Waals surface area contributed by atoms with Gasteiger partial charge in [0.15, 0.2) is 0 Å². The molecule has 0 unspecified atom stereocenters. The Hall–Kier alpha value is -1.16. The molecule has 0 aromatic rings. The van der Waals surface area contributed by atoms with Gasteiger partial charge in [0.1, 0.15) is 24.2 Å². The van der Waals surface area contributed by atoms with Crippen molar-refractivity contribution in [2.75, 3.05) is 5.75 Å². The second-order valence-electron chi connectivity index (χ2n) is 4.97. The van der Waals surface area contributed by atoms with Crippen molar-refractivity contribution in [3.63, 3.8) is 0 Å². The highest BCUT2D eigenvalue weighted by Gasteiger charge is 2.30. The third-order valence-corrected chi connectivity index (χ3v) is 3.16. The summed E-state index contributed by atoms with van der Waals surface area (Å²) in [6.45, 7) is 4.91. The minimum Gasteiger partial charge on any atom is -0.459 e. The van der Waals surface area contributed by atoms with Crippen molar-refractivity contribution < 1.29 is 23.9 Å². The number of esters is 3. The van der Waals surface area contributed by atoms with Crippen LogP contribution in [0.4, 0.5) is 0 Å². The fourth-order valence-corrected chi connectivity index (χ4v) is 1.27. The van der Waals surface area contributed by atoms with E-state index in [4.69, 9.17) is 21.9 Å². The lowest BCUT2D eigenvalue weighted by atomic mass is 10.1. The van der Waals surface area contributed by atoms with Crippen LogP contribution in [0.5, 0.6) is 0 Å². The summed E-state index contributed by atoms with van der Waals surface area (Å²) < 4.78 is 9.45. The number of thiol groups is 1. The SMILES string of the molecule is CC(C)[C@H](N)C(=O)O[C@H](C)[C@H](N)C(=O)OC(=O)[C@@H](N)CS. The van der Waals surface area contributed by atoms with E-state index in [1.54, 1.807) is 13.8 Å². The van der Waals surface area contributed by atoms with Crippen LogP contribution in [-0.4, -0.2) is 47.9 Å². The molecule has 0 rings (SSSR count). The highest BCUT2D eigenvalue weighted by molar-refractivity contribution is 7.80. The van der Waals surface area contributed by atoms with E-state index in [1.807, 2.05) is 0 Å². The summed E-state index contributed by atoms with van der Waals surface area (Å²) in [6, 6.07) is -3.17. The predicted octanol–water partition coefficient (Wildman–Crippen LogP) is -1.44. The van der Waals surface area contributed by atoms with Crippen LogP contribution in [0.25, 0.3) is 0 Å². The van der Waals surface area contributed by atoms with Gasteiger partial charge in [-0.2, -0.15) is 12.6 Å². The van der Waals surface area contributed by atoms with Gasteiger partial charge in [-0.1, -0.05) is 13.8 Å². The standard InChI is InChI=1S/C12H23N3O5S/c1-5(2)8(14)11(17)19-6(3)9(15)12(18)20-10(16)7(13)4-21/h5-9,21H,4,13-15H2,1-3H3/t6-,7+,8+,9+/m1/s1. The first kappa shape index (κ1) is 19.8. The molecule has 0 aliphatic rings. The monoisotopic (exact) mass is 321 g/mol. The van der Waals surface area contributed by atoms with Crippen molar-refractivity contribution in [2.45, 2.75) is 45.0 Å². The van der Waals surface area contributed by atoms with Gasteiger partial charge in [0.25, 0.3) is 0 Å². The van der Waals surface area contributed by atoms with Crippen molar-refractivity contribution in [1.82, 2.24) is 0 Å². The van der Waals surface area contributed by atoms with Gasteiger partial charge in [0.2, 0.25) is 0 Å². The lowest BCUT2D eigenvalue weighted by molar-refractivity contribution is -0.165. The molecule has 21 heavy (non-hydrogen) atoms. The van der Waals surface area contributed by atoms with E-state index in [0.717, 1.165) is 0 Å². The summed E-state index contributed by atoms with van der Waals surface area (Å²) in [5, 5.41) is 0. The van der Waals surface area contributed by atoms with E-state index in [-0.39, 0.29) is 11.7 Å². The fraction of sp³-hybridized carbons (Fsp3) is 0.750. The first-order chi connectivity index (χ1) is 9.61. The third kappa shape index (κ3) is 6.42. The zero-order valence-corrected chi connectivity index (χ0v) is 13.2. The molecule has 6 N–H and O–H groups in total. The van der Waals surface area contributed by atoms with E-state index in [1.165, 1.54) is 6.92 Å². The molecule has 0 saturated heterocycles. The summed E-state index contributed by atoms with van der Waals surface area (Å²) >= 11 is 3.80. The minimum absolute atomic E-state index is 0.0229. The van der Waals surface area contributed by atoms with Crippen LogP contribution >= 0.6 is 12.6 Å². The van der Waals surface area contributed by atoms with Crippen molar-refractivity contribution in [1.29, 1.82) is 0 Å². The number of ether oxygens (including phenoxy) is 2. The Morgan fingerprint density at radius 3 is 1.90 bits per heavy atom. The van der Waals surface area contributed by atoms with Gasteiger partial charge in [0, 0.05) is 5.75 Å². The third-order valence-electron chi connectivity index (χ3n) is 2.77. The molecule has 0 amide bonds. The number of carbonyl (C=O) groups excluding carboxylic acids is 3. The number of hydrogen-bond donors (Lipinski definition) is 4. The van der Waals surface area contributed by atoms with E-state index in [0.29, 0.717) is 0 Å². The molecular formula is C12H23N3O5S. The van der Waals surface area contributed by atoms with Crippen molar-refractivity contribution in [2.24, 2.45) is 23.1 Å². The molecule has 0 bridgehead atoms. The highest BCUT2D eigenvalue weighted by atomic mass is 32.1. The van der Waals surface area contributed by atoms with E-state index >= 15 is 0 Å². The normalized spacial score (nSPS) is 16.8. The van der Waals surface area contributed by atoms with Crippen molar-refractivity contribution in [3.05, 3.63) is 0 Å². The average molecular weight is 321 g/mol. The summed E-state index contributed by atoms with van der Waals surface area (Å²) in [5.74, 6) is -2.75. The fourth-order valence-electron chi connectivity index (χ4n) is 1.12. The molecule has 0 heterocycles. The Morgan fingerprint density at radius 1 is 0.952 bits per heavy atom. The maximum absolute atomic E-state index is 11.6. The first-order valence-corrected chi connectivity index (χ1v) is 7.08. The van der Waals surface area contributed by atoms with Crippen LogP contribution < -0.4 is 17.2 Å². The van der Waals surface area contributed by atoms with Crippen molar-refractivity contribution in [3.8, 4) is 0 Å². The molecule has 0 fully saturated rings. The summed E-state index contributed by atoms with van der Waals surface area (Å²) in [6.07, 6.45) is -0.991. The summed E-state index contributed by atoms with van der Waals surface area (Å²) in [4.78, 5) is 34.6. The summed E-state index contributed by atoms with van der Waals surface area (Å²) in [7, 11) is 0. The average Bonchev–Trinajstić information content (AvgIpc) is 2.43. The molecular weight excluding hydrogens is 298 g/mol. The molecule has 9 heteroatoms. The quantitative estimate of drug-likeness (QED) is 0.253. The smallest absolute Gasteiger partial charge is 0.334 e. The topological polar surface area (TPSA) is 148 Å². The Labute approximate surface area is 129 Å². The van der Waals surface area contributed by atoms with E-state index in [9.17, 15) is 14.4 Å². The maximum Gasteiger partial charge on any atom is 0.334 e. The van der Waals surface area contributed by atoms with Gasteiger partial charge < -0.3 is 26.7 Å². The largest absolute Gasteiger partial charge is 0.459 e. The van der Waals surface area contributed by atoms with Crippen molar-refractivity contribution >= 4 is 30.5 Å². The predicted molar refractivity (Wildman–Crippen MR) is 79.3 cm³/mol. The maximum atomic E-state index is 11.6. The van der Waals surface area contributed by atoms with Crippen LogP contribution in [0.2, 0.25) is 0 Å². The number of carbonyl (C=O) groups is 3. The van der Waals surface area contributed by atoms with Gasteiger partial charge in [0.05, 0.1) is 0 Å². The van der Waals surface area contributed by atoms with Crippen LogP contribution in [0, 0.1) is 5.92 Å². The van der Waals surface area contributed by atoms with Crippen LogP contribution in [0.15, 0.2) is 0 Å². The van der Waals surface area contributed by atoms with Crippen LogP contribution in [0.3, 0.4) is 0 Å². The Bertz CT molecular complexity index is 391. The molecule has 8 nitrogen and oxygen atoms in total. The molecule has 0 aliphatic carbocycles. The van der Waals surface area contributed by atoms with Crippen LogP contribution in [-0.2, 0) is 23.9 Å². The Morgan fingerprint density at radius 2 is 1.48 bits per heavy atom. The number of rotatable bonds is 7.